The monoisotopic (exact) mass is 278 g/mol. The summed E-state index contributed by atoms with van der Waals surface area (Å²) in [4.78, 5) is 2.27. The van der Waals surface area contributed by atoms with Crippen LogP contribution < -0.4 is 10.2 Å². The van der Waals surface area contributed by atoms with E-state index >= 15 is 0 Å². The molecule has 1 heterocycles. The van der Waals surface area contributed by atoms with E-state index in [1.807, 2.05) is 13.0 Å². The minimum atomic E-state index is -0.553. The van der Waals surface area contributed by atoms with Gasteiger partial charge in [0.15, 0.2) is 0 Å². The van der Waals surface area contributed by atoms with Gasteiger partial charge in [0.05, 0.1) is 5.60 Å². The Morgan fingerprint density at radius 3 is 2.70 bits per heavy atom. The molecule has 0 atom stereocenters. The van der Waals surface area contributed by atoms with Crippen LogP contribution in [0, 0.1) is 5.82 Å². The Morgan fingerprint density at radius 2 is 2.05 bits per heavy atom. The summed E-state index contributed by atoms with van der Waals surface area (Å²) in [6, 6.07) is 5.66. The average molecular weight is 278 g/mol. The summed E-state index contributed by atoms with van der Waals surface area (Å²) < 4.78 is 13.5. The lowest BCUT2D eigenvalue weighted by Gasteiger charge is -2.38. The van der Waals surface area contributed by atoms with Gasteiger partial charge in [0, 0.05) is 31.4 Å². The molecule has 4 heteroatoms. The van der Waals surface area contributed by atoms with Crippen LogP contribution in [0.5, 0.6) is 0 Å². The van der Waals surface area contributed by atoms with Crippen LogP contribution in [0.25, 0.3) is 0 Å². The largest absolute Gasteiger partial charge is 0.390 e. The zero-order valence-corrected chi connectivity index (χ0v) is 12.0. The van der Waals surface area contributed by atoms with Crippen LogP contribution in [0.15, 0.2) is 18.2 Å². The molecular weight excluding hydrogens is 255 g/mol. The van der Waals surface area contributed by atoms with Gasteiger partial charge in [0.25, 0.3) is 0 Å². The van der Waals surface area contributed by atoms with Crippen molar-refractivity contribution in [3.05, 3.63) is 29.6 Å². The lowest BCUT2D eigenvalue weighted by molar-refractivity contribution is 0.0351. The number of anilines is 1. The van der Waals surface area contributed by atoms with Crippen molar-refractivity contribution in [2.45, 2.75) is 50.8 Å². The maximum absolute atomic E-state index is 13.5. The fraction of sp³-hybridized carbons (Fsp3) is 0.625. The zero-order valence-electron chi connectivity index (χ0n) is 12.0. The average Bonchev–Trinajstić information content (AvgIpc) is 3.21. The van der Waals surface area contributed by atoms with Crippen LogP contribution >= 0.6 is 0 Å². The van der Waals surface area contributed by atoms with Gasteiger partial charge in [0.1, 0.15) is 5.82 Å². The summed E-state index contributed by atoms with van der Waals surface area (Å²) in [5.74, 6) is -0.176. The molecule has 1 aromatic carbocycles. The maximum atomic E-state index is 13.5. The molecule has 2 N–H and O–H groups in total. The van der Waals surface area contributed by atoms with E-state index in [0.29, 0.717) is 6.04 Å². The minimum Gasteiger partial charge on any atom is -0.390 e. The van der Waals surface area contributed by atoms with E-state index in [0.717, 1.165) is 43.7 Å². The number of halogens is 1. The Morgan fingerprint density at radius 1 is 1.35 bits per heavy atom. The molecule has 0 amide bonds. The third-order valence-electron chi connectivity index (χ3n) is 4.38. The molecule has 110 valence electrons. The maximum Gasteiger partial charge on any atom is 0.123 e. The summed E-state index contributed by atoms with van der Waals surface area (Å²) in [5, 5.41) is 13.5. The second kappa shape index (κ2) is 5.34. The molecule has 1 aliphatic carbocycles. The third kappa shape index (κ3) is 3.30. The van der Waals surface area contributed by atoms with Gasteiger partial charge in [-0.1, -0.05) is 0 Å². The van der Waals surface area contributed by atoms with Gasteiger partial charge in [-0.25, -0.2) is 4.39 Å². The number of benzene rings is 1. The highest BCUT2D eigenvalue weighted by Crippen LogP contribution is 2.29. The van der Waals surface area contributed by atoms with Crippen LogP contribution in [0.1, 0.15) is 38.2 Å². The Hall–Kier alpha value is -1.13. The fourth-order valence-electron chi connectivity index (χ4n) is 2.78. The number of aliphatic hydroxyl groups is 1. The Bertz CT molecular complexity index is 475. The van der Waals surface area contributed by atoms with E-state index in [-0.39, 0.29) is 5.82 Å². The van der Waals surface area contributed by atoms with Crippen LogP contribution in [-0.2, 0) is 6.54 Å². The van der Waals surface area contributed by atoms with Gasteiger partial charge >= 0.3 is 0 Å². The molecule has 0 radical (unpaired) electrons. The van der Waals surface area contributed by atoms with E-state index in [2.05, 4.69) is 10.2 Å². The van der Waals surface area contributed by atoms with Crippen molar-refractivity contribution >= 4 is 5.69 Å². The summed E-state index contributed by atoms with van der Waals surface area (Å²) in [7, 11) is 0. The fourth-order valence-corrected chi connectivity index (χ4v) is 2.78. The normalized spacial score (nSPS) is 22.1. The number of rotatable bonds is 4. The molecule has 1 saturated carbocycles. The molecule has 3 rings (SSSR count). The third-order valence-corrected chi connectivity index (χ3v) is 4.38. The zero-order chi connectivity index (χ0) is 14.2. The van der Waals surface area contributed by atoms with Crippen LogP contribution in [-0.4, -0.2) is 29.8 Å². The predicted octanol–water partition coefficient (Wildman–Crippen LogP) is 2.43. The number of hydrogen-bond acceptors (Lipinski definition) is 3. The molecular formula is C16H23FN2O. The van der Waals surface area contributed by atoms with Crippen molar-refractivity contribution in [3.63, 3.8) is 0 Å². The number of hydrogen-bond donors (Lipinski definition) is 2. The van der Waals surface area contributed by atoms with Crippen LogP contribution in [0.3, 0.4) is 0 Å². The molecule has 0 bridgehead atoms. The quantitative estimate of drug-likeness (QED) is 0.888. The lowest BCUT2D eigenvalue weighted by Crippen LogP contribution is -2.43. The number of nitrogens with zero attached hydrogens (tertiary/aromatic N) is 1. The van der Waals surface area contributed by atoms with Gasteiger partial charge in [0.2, 0.25) is 0 Å². The first-order chi connectivity index (χ1) is 9.53. The van der Waals surface area contributed by atoms with E-state index in [1.165, 1.54) is 18.9 Å². The molecule has 0 unspecified atom stereocenters. The van der Waals surface area contributed by atoms with Gasteiger partial charge in [-0.05, 0) is 56.4 Å². The molecule has 1 aromatic rings. The van der Waals surface area contributed by atoms with Crippen molar-refractivity contribution in [2.24, 2.45) is 0 Å². The van der Waals surface area contributed by atoms with Crippen LogP contribution in [0.2, 0.25) is 0 Å². The summed E-state index contributed by atoms with van der Waals surface area (Å²) >= 11 is 0. The highest BCUT2D eigenvalue weighted by Gasteiger charge is 2.28. The van der Waals surface area contributed by atoms with Crippen molar-refractivity contribution in [1.82, 2.24) is 5.32 Å². The molecule has 0 spiro atoms. The van der Waals surface area contributed by atoms with E-state index in [9.17, 15) is 9.50 Å². The second-order valence-electron chi connectivity index (χ2n) is 6.41. The SMILES string of the molecule is CC1(O)CCN(c2ccc(F)cc2CNC2CC2)CC1. The first-order valence-corrected chi connectivity index (χ1v) is 7.53. The number of piperidine rings is 1. The molecule has 3 nitrogen and oxygen atoms in total. The molecule has 0 aromatic heterocycles. The Labute approximate surface area is 119 Å². The second-order valence-corrected chi connectivity index (χ2v) is 6.41. The van der Waals surface area contributed by atoms with Crippen molar-refractivity contribution in [2.75, 3.05) is 18.0 Å². The van der Waals surface area contributed by atoms with Crippen LogP contribution in [0.4, 0.5) is 10.1 Å². The highest BCUT2D eigenvalue weighted by molar-refractivity contribution is 5.54. The van der Waals surface area contributed by atoms with Gasteiger partial charge in [-0.2, -0.15) is 0 Å². The molecule has 2 aliphatic rings. The van der Waals surface area contributed by atoms with Crippen molar-refractivity contribution < 1.29 is 9.50 Å². The Kier molecular flexibility index (Phi) is 3.69. The predicted molar refractivity (Wildman–Crippen MR) is 78.3 cm³/mol. The van der Waals surface area contributed by atoms with E-state index in [4.69, 9.17) is 0 Å². The molecule has 1 aliphatic heterocycles. The first kappa shape index (κ1) is 13.8. The van der Waals surface area contributed by atoms with Gasteiger partial charge in [-0.3, -0.25) is 0 Å². The summed E-state index contributed by atoms with van der Waals surface area (Å²) in [6.07, 6.45) is 3.99. The first-order valence-electron chi connectivity index (χ1n) is 7.53. The summed E-state index contributed by atoms with van der Waals surface area (Å²) in [6.45, 7) is 4.28. The standard InChI is InChI=1S/C16H23FN2O/c1-16(20)6-8-19(9-7-16)15-5-2-13(17)10-12(15)11-18-14-3-4-14/h2,5,10,14,18,20H,3-4,6-9,11H2,1H3. The smallest absolute Gasteiger partial charge is 0.123 e. The highest BCUT2D eigenvalue weighted by atomic mass is 19.1. The van der Waals surface area contributed by atoms with E-state index < -0.39 is 5.60 Å². The van der Waals surface area contributed by atoms with Gasteiger partial charge in [-0.15, -0.1) is 0 Å². The molecule has 1 saturated heterocycles. The van der Waals surface area contributed by atoms with Crippen molar-refractivity contribution in [1.29, 1.82) is 0 Å². The summed E-state index contributed by atoms with van der Waals surface area (Å²) in [5.41, 5.74) is 1.58. The minimum absolute atomic E-state index is 0.176. The molecule has 20 heavy (non-hydrogen) atoms. The molecule has 2 fully saturated rings. The Balaban J connectivity index is 1.73. The van der Waals surface area contributed by atoms with Gasteiger partial charge < -0.3 is 15.3 Å². The van der Waals surface area contributed by atoms with Crippen molar-refractivity contribution in [3.8, 4) is 0 Å². The topological polar surface area (TPSA) is 35.5 Å². The lowest BCUT2D eigenvalue weighted by atomic mass is 9.93. The van der Waals surface area contributed by atoms with E-state index in [1.54, 1.807) is 6.07 Å². The number of nitrogens with one attached hydrogen (secondary N) is 1.